The number of rotatable bonds is 5. The molecule has 2 atom stereocenters. The van der Waals surface area contributed by atoms with E-state index in [1.165, 1.54) is 7.05 Å². The van der Waals surface area contributed by atoms with E-state index in [2.05, 4.69) is 23.3 Å². The average molecular weight is 256 g/mol. The SMILES string of the molecule is CNC(=O)[C@H](CS)C(C)(NC)C(N)=O.Cl. The quantitative estimate of drug-likeness (QED) is 0.484. The van der Waals surface area contributed by atoms with Gasteiger partial charge in [-0.15, -0.1) is 12.4 Å². The third kappa shape index (κ3) is 3.55. The summed E-state index contributed by atoms with van der Waals surface area (Å²) >= 11 is 4.04. The number of nitrogens with one attached hydrogen (secondary N) is 2. The molecule has 15 heavy (non-hydrogen) atoms. The molecular weight excluding hydrogens is 238 g/mol. The standard InChI is InChI=1S/C8H17N3O2S.ClH/c1-8(11-3,7(9)13)5(4-14)6(12)10-2;/h5,11,14H,4H2,1-3H3,(H2,9,13)(H,10,12);1H/t5-,8?;/m0./s1. The molecule has 0 rings (SSSR count). The van der Waals surface area contributed by atoms with Crippen molar-refractivity contribution in [3.8, 4) is 0 Å². The van der Waals surface area contributed by atoms with E-state index in [1.807, 2.05) is 0 Å². The summed E-state index contributed by atoms with van der Waals surface area (Å²) in [5.41, 5.74) is 4.17. The fourth-order valence-electron chi connectivity index (χ4n) is 1.17. The van der Waals surface area contributed by atoms with Crippen molar-refractivity contribution in [3.63, 3.8) is 0 Å². The lowest BCUT2D eigenvalue weighted by atomic mass is 9.85. The summed E-state index contributed by atoms with van der Waals surface area (Å²) in [5.74, 6) is -1.16. The Kier molecular flexibility index (Phi) is 7.82. The summed E-state index contributed by atoms with van der Waals surface area (Å²) < 4.78 is 0. The van der Waals surface area contributed by atoms with Crippen molar-refractivity contribution in [1.29, 1.82) is 0 Å². The Morgan fingerprint density at radius 1 is 1.47 bits per heavy atom. The number of hydrogen-bond donors (Lipinski definition) is 4. The van der Waals surface area contributed by atoms with Gasteiger partial charge in [0, 0.05) is 12.8 Å². The lowest BCUT2D eigenvalue weighted by Gasteiger charge is -2.32. The van der Waals surface area contributed by atoms with Crippen LogP contribution in [-0.4, -0.2) is 37.2 Å². The molecule has 5 nitrogen and oxygen atoms in total. The number of likely N-dealkylation sites (N-methyl/N-ethyl adjacent to an activating group) is 1. The highest BCUT2D eigenvalue weighted by molar-refractivity contribution is 7.80. The Morgan fingerprint density at radius 2 is 1.93 bits per heavy atom. The Bertz CT molecular complexity index is 240. The smallest absolute Gasteiger partial charge is 0.238 e. The van der Waals surface area contributed by atoms with Gasteiger partial charge in [0.25, 0.3) is 0 Å². The van der Waals surface area contributed by atoms with Crippen molar-refractivity contribution in [3.05, 3.63) is 0 Å². The first-order valence-corrected chi connectivity index (χ1v) is 4.88. The number of hydrogen-bond acceptors (Lipinski definition) is 4. The van der Waals surface area contributed by atoms with Gasteiger partial charge in [0.1, 0.15) is 5.54 Å². The molecule has 0 fully saturated rings. The van der Waals surface area contributed by atoms with E-state index < -0.39 is 17.4 Å². The number of carbonyl (C=O) groups is 2. The average Bonchev–Trinajstić information content (AvgIpc) is 2.17. The van der Waals surface area contributed by atoms with E-state index in [9.17, 15) is 9.59 Å². The molecule has 2 amide bonds. The molecule has 7 heteroatoms. The third-order valence-electron chi connectivity index (χ3n) is 2.47. The molecule has 1 unspecified atom stereocenters. The van der Waals surface area contributed by atoms with E-state index in [-0.39, 0.29) is 24.1 Å². The van der Waals surface area contributed by atoms with E-state index in [0.29, 0.717) is 0 Å². The van der Waals surface area contributed by atoms with Crippen LogP contribution < -0.4 is 16.4 Å². The minimum atomic E-state index is -1.07. The Balaban J connectivity index is 0. The molecule has 0 aliphatic heterocycles. The van der Waals surface area contributed by atoms with Gasteiger partial charge >= 0.3 is 0 Å². The van der Waals surface area contributed by atoms with Crippen LogP contribution in [0.1, 0.15) is 6.92 Å². The number of carbonyl (C=O) groups excluding carboxylic acids is 2. The van der Waals surface area contributed by atoms with Crippen molar-refractivity contribution in [1.82, 2.24) is 10.6 Å². The normalized spacial score (nSPS) is 15.7. The maximum atomic E-state index is 11.4. The minimum Gasteiger partial charge on any atom is -0.368 e. The zero-order chi connectivity index (χ0) is 11.4. The summed E-state index contributed by atoms with van der Waals surface area (Å²) in [5, 5.41) is 5.24. The van der Waals surface area contributed by atoms with Crippen molar-refractivity contribution in [2.45, 2.75) is 12.5 Å². The fraction of sp³-hybridized carbons (Fsp3) is 0.750. The Morgan fingerprint density at radius 3 is 2.13 bits per heavy atom. The molecule has 0 bridgehead atoms. The van der Waals surface area contributed by atoms with Gasteiger partial charge in [0.2, 0.25) is 11.8 Å². The van der Waals surface area contributed by atoms with Gasteiger partial charge in [-0.3, -0.25) is 9.59 Å². The van der Waals surface area contributed by atoms with Crippen LogP contribution in [0.4, 0.5) is 0 Å². The van der Waals surface area contributed by atoms with Gasteiger partial charge < -0.3 is 16.4 Å². The maximum Gasteiger partial charge on any atom is 0.238 e. The van der Waals surface area contributed by atoms with Gasteiger partial charge in [-0.05, 0) is 14.0 Å². The van der Waals surface area contributed by atoms with Crippen LogP contribution in [0, 0.1) is 5.92 Å². The largest absolute Gasteiger partial charge is 0.368 e. The summed E-state index contributed by atoms with van der Waals surface area (Å²) in [4.78, 5) is 22.7. The number of thiol groups is 1. The molecule has 0 aromatic carbocycles. The molecule has 0 spiro atoms. The second kappa shape index (κ2) is 6.92. The van der Waals surface area contributed by atoms with Gasteiger partial charge in [0.05, 0.1) is 5.92 Å². The molecule has 4 N–H and O–H groups in total. The first kappa shape index (κ1) is 17.0. The monoisotopic (exact) mass is 255 g/mol. The van der Waals surface area contributed by atoms with Crippen molar-refractivity contribution < 1.29 is 9.59 Å². The van der Waals surface area contributed by atoms with Gasteiger partial charge in [0.15, 0.2) is 0 Å². The Hall–Kier alpha value is -0.460. The van der Waals surface area contributed by atoms with E-state index in [1.54, 1.807) is 14.0 Å². The molecule has 0 aromatic rings. The molecule has 0 aliphatic rings. The highest BCUT2D eigenvalue weighted by Crippen LogP contribution is 2.18. The van der Waals surface area contributed by atoms with Crippen molar-refractivity contribution >= 4 is 36.9 Å². The molecule has 0 radical (unpaired) electrons. The van der Waals surface area contributed by atoms with Crippen molar-refractivity contribution in [2.24, 2.45) is 11.7 Å². The van der Waals surface area contributed by atoms with Crippen LogP contribution in [0.25, 0.3) is 0 Å². The number of nitrogens with two attached hydrogens (primary N) is 1. The molecular formula is C8H18ClN3O2S. The van der Waals surface area contributed by atoms with Crippen molar-refractivity contribution in [2.75, 3.05) is 19.8 Å². The maximum absolute atomic E-state index is 11.4. The minimum absolute atomic E-state index is 0. The van der Waals surface area contributed by atoms with E-state index in [4.69, 9.17) is 5.73 Å². The van der Waals surface area contributed by atoms with Crippen LogP contribution in [0.3, 0.4) is 0 Å². The van der Waals surface area contributed by atoms with Crippen LogP contribution in [0.5, 0.6) is 0 Å². The molecule has 0 heterocycles. The topological polar surface area (TPSA) is 84.2 Å². The first-order valence-electron chi connectivity index (χ1n) is 4.25. The van der Waals surface area contributed by atoms with Gasteiger partial charge in [-0.2, -0.15) is 12.6 Å². The fourth-order valence-corrected chi connectivity index (χ4v) is 1.70. The molecule has 0 aromatic heterocycles. The summed E-state index contributed by atoms with van der Waals surface area (Å²) in [7, 11) is 3.10. The lowest BCUT2D eigenvalue weighted by molar-refractivity contribution is -0.134. The first-order chi connectivity index (χ1) is 6.43. The zero-order valence-electron chi connectivity index (χ0n) is 9.03. The molecule has 0 aliphatic carbocycles. The second-order valence-electron chi connectivity index (χ2n) is 3.17. The third-order valence-corrected chi connectivity index (χ3v) is 2.84. The number of primary amides is 1. The predicted molar refractivity (Wildman–Crippen MR) is 65.3 cm³/mol. The predicted octanol–water partition coefficient (Wildman–Crippen LogP) is -0.836. The highest BCUT2D eigenvalue weighted by atomic mass is 35.5. The van der Waals surface area contributed by atoms with Gasteiger partial charge in [-0.25, -0.2) is 0 Å². The van der Waals surface area contributed by atoms with Crippen LogP contribution >= 0.6 is 25.0 Å². The summed E-state index contributed by atoms with van der Waals surface area (Å²) in [6.07, 6.45) is 0. The van der Waals surface area contributed by atoms with Crippen LogP contribution in [-0.2, 0) is 9.59 Å². The summed E-state index contributed by atoms with van der Waals surface area (Å²) in [6.45, 7) is 1.59. The van der Waals surface area contributed by atoms with Crippen LogP contribution in [0.15, 0.2) is 0 Å². The lowest BCUT2D eigenvalue weighted by Crippen LogP contribution is -2.61. The van der Waals surface area contributed by atoms with E-state index in [0.717, 1.165) is 0 Å². The Labute approximate surface area is 101 Å². The van der Waals surface area contributed by atoms with E-state index >= 15 is 0 Å². The zero-order valence-corrected chi connectivity index (χ0v) is 10.7. The van der Waals surface area contributed by atoms with Crippen LogP contribution in [0.2, 0.25) is 0 Å². The number of halogens is 1. The molecule has 0 saturated carbocycles. The number of amides is 2. The highest BCUT2D eigenvalue weighted by Gasteiger charge is 2.41. The second-order valence-corrected chi connectivity index (χ2v) is 3.53. The van der Waals surface area contributed by atoms with Gasteiger partial charge in [-0.1, -0.05) is 0 Å². The molecule has 90 valence electrons. The molecule has 0 saturated heterocycles. The summed E-state index contributed by atoms with van der Waals surface area (Å²) in [6, 6.07) is 0.